The molecule has 116 valence electrons. The monoisotopic (exact) mass is 284 g/mol. The Balaban J connectivity index is 2.84. The van der Waals surface area contributed by atoms with Crippen molar-refractivity contribution in [3.63, 3.8) is 0 Å². The van der Waals surface area contributed by atoms with Gasteiger partial charge in [-0.2, -0.15) is 0 Å². The number of carbonyl (C=O) groups excluding carboxylic acids is 1. The Morgan fingerprint density at radius 3 is 2.50 bits per heavy atom. The lowest BCUT2D eigenvalue weighted by Gasteiger charge is -2.35. The predicted octanol–water partition coefficient (Wildman–Crippen LogP) is 1.09. The summed E-state index contributed by atoms with van der Waals surface area (Å²) in [6.07, 6.45) is 3.35. The third-order valence-corrected chi connectivity index (χ3v) is 4.72. The molecule has 6 nitrogen and oxygen atoms in total. The number of amides is 1. The van der Waals surface area contributed by atoms with Crippen LogP contribution in [0.2, 0.25) is 0 Å². The Morgan fingerprint density at radius 2 is 2.10 bits per heavy atom. The molecule has 20 heavy (non-hydrogen) atoms. The van der Waals surface area contributed by atoms with Gasteiger partial charge in [0.1, 0.15) is 5.41 Å². The van der Waals surface area contributed by atoms with Gasteiger partial charge in [-0.3, -0.25) is 4.79 Å². The van der Waals surface area contributed by atoms with Gasteiger partial charge in [0.05, 0.1) is 0 Å². The van der Waals surface area contributed by atoms with Crippen LogP contribution in [0.25, 0.3) is 0 Å². The van der Waals surface area contributed by atoms with Crippen molar-refractivity contribution in [3.8, 4) is 0 Å². The molecular weight excluding hydrogens is 256 g/mol. The second-order valence-corrected chi connectivity index (χ2v) is 5.74. The molecular formula is C14H28N4O2. The molecule has 0 bridgehead atoms. The zero-order valence-electron chi connectivity index (χ0n) is 13.1. The molecule has 1 fully saturated rings. The second-order valence-electron chi connectivity index (χ2n) is 5.74. The smallest absolute Gasteiger partial charge is 0.236 e. The van der Waals surface area contributed by atoms with Crippen molar-refractivity contribution < 1.29 is 10.0 Å². The zero-order chi connectivity index (χ0) is 15.3. The number of likely N-dealkylation sites (N-methyl/N-ethyl adjacent to an activating group) is 2. The highest BCUT2D eigenvalue weighted by molar-refractivity contribution is 6.06. The third-order valence-electron chi connectivity index (χ3n) is 4.72. The van der Waals surface area contributed by atoms with Crippen LogP contribution in [0.15, 0.2) is 5.16 Å². The van der Waals surface area contributed by atoms with Crippen LogP contribution in [0.4, 0.5) is 0 Å². The second kappa shape index (κ2) is 6.92. The molecule has 1 saturated heterocycles. The number of hydrogen-bond donors (Lipinski definition) is 2. The minimum absolute atomic E-state index is 0.0131. The highest BCUT2D eigenvalue weighted by Gasteiger charge is 2.42. The molecule has 1 atom stereocenters. The Bertz CT molecular complexity index is 366. The third kappa shape index (κ3) is 3.06. The van der Waals surface area contributed by atoms with Crippen LogP contribution < -0.4 is 5.73 Å². The minimum atomic E-state index is -0.888. The average Bonchev–Trinajstić information content (AvgIpc) is 2.85. The van der Waals surface area contributed by atoms with Crippen molar-refractivity contribution in [2.75, 3.05) is 27.2 Å². The lowest BCUT2D eigenvalue weighted by atomic mass is 9.79. The summed E-state index contributed by atoms with van der Waals surface area (Å²) in [5.41, 5.74) is 4.90. The van der Waals surface area contributed by atoms with Gasteiger partial charge in [-0.15, -0.1) is 0 Å². The van der Waals surface area contributed by atoms with Crippen molar-refractivity contribution >= 4 is 11.7 Å². The van der Waals surface area contributed by atoms with Crippen LogP contribution in [-0.2, 0) is 4.79 Å². The van der Waals surface area contributed by atoms with E-state index in [1.54, 1.807) is 11.9 Å². The molecule has 1 rings (SSSR count). The molecule has 6 heteroatoms. The molecule has 0 aromatic heterocycles. The lowest BCUT2D eigenvalue weighted by molar-refractivity contribution is -0.138. The van der Waals surface area contributed by atoms with E-state index in [0.717, 1.165) is 13.0 Å². The summed E-state index contributed by atoms with van der Waals surface area (Å²) >= 11 is 0. The SMILES string of the molecule is CCC(CC)(C(=O)N(C)CC1CCCN1C)C(N)=NO. The molecule has 1 aliphatic heterocycles. The van der Waals surface area contributed by atoms with E-state index in [9.17, 15) is 4.79 Å². The quantitative estimate of drug-likeness (QED) is 0.331. The van der Waals surface area contributed by atoms with Crippen LogP contribution >= 0.6 is 0 Å². The Morgan fingerprint density at radius 1 is 1.50 bits per heavy atom. The summed E-state index contributed by atoms with van der Waals surface area (Å²) in [6, 6.07) is 0.405. The van der Waals surface area contributed by atoms with E-state index in [1.807, 2.05) is 13.8 Å². The molecule has 1 amide bonds. The van der Waals surface area contributed by atoms with Gasteiger partial charge in [0.2, 0.25) is 5.91 Å². The van der Waals surface area contributed by atoms with Crippen molar-refractivity contribution in [2.24, 2.45) is 16.3 Å². The number of oxime groups is 1. The first kappa shape index (κ1) is 16.8. The molecule has 1 aliphatic rings. The number of likely N-dealkylation sites (tertiary alicyclic amines) is 1. The van der Waals surface area contributed by atoms with Crippen LogP contribution in [0.1, 0.15) is 39.5 Å². The molecule has 0 spiro atoms. The number of rotatable bonds is 6. The number of nitrogens with zero attached hydrogens (tertiary/aromatic N) is 3. The fourth-order valence-corrected chi connectivity index (χ4v) is 3.09. The number of hydrogen-bond acceptors (Lipinski definition) is 4. The van der Waals surface area contributed by atoms with Gasteiger partial charge in [0.25, 0.3) is 0 Å². The van der Waals surface area contributed by atoms with Crippen LogP contribution in [0, 0.1) is 5.41 Å². The van der Waals surface area contributed by atoms with Gasteiger partial charge in [-0.05, 0) is 39.3 Å². The van der Waals surface area contributed by atoms with E-state index >= 15 is 0 Å². The first-order chi connectivity index (χ1) is 9.42. The first-order valence-electron chi connectivity index (χ1n) is 7.36. The predicted molar refractivity (Wildman–Crippen MR) is 79.7 cm³/mol. The van der Waals surface area contributed by atoms with Crippen molar-refractivity contribution in [3.05, 3.63) is 0 Å². The molecule has 0 radical (unpaired) electrons. The highest BCUT2D eigenvalue weighted by atomic mass is 16.4. The molecule has 1 heterocycles. The summed E-state index contributed by atoms with van der Waals surface area (Å²) in [4.78, 5) is 16.8. The zero-order valence-corrected chi connectivity index (χ0v) is 13.1. The van der Waals surface area contributed by atoms with Gasteiger partial charge in [-0.1, -0.05) is 19.0 Å². The van der Waals surface area contributed by atoms with Gasteiger partial charge in [-0.25, -0.2) is 0 Å². The standard InChI is InChI=1S/C14H28N4O2/c1-5-14(6-2,12(15)16-20)13(19)18(4)10-11-8-7-9-17(11)3/h11,20H,5-10H2,1-4H3,(H2,15,16). The molecule has 0 aromatic rings. The van der Waals surface area contributed by atoms with E-state index in [0.29, 0.717) is 25.4 Å². The topological polar surface area (TPSA) is 82.2 Å². The van der Waals surface area contributed by atoms with Crippen molar-refractivity contribution in [1.82, 2.24) is 9.80 Å². The molecule has 3 N–H and O–H groups in total. The van der Waals surface area contributed by atoms with E-state index in [2.05, 4.69) is 17.1 Å². The minimum Gasteiger partial charge on any atom is -0.409 e. The van der Waals surface area contributed by atoms with E-state index < -0.39 is 5.41 Å². The van der Waals surface area contributed by atoms with E-state index in [4.69, 9.17) is 10.9 Å². The maximum absolute atomic E-state index is 12.8. The maximum atomic E-state index is 12.8. The average molecular weight is 284 g/mol. The normalized spacial score (nSPS) is 21.2. The maximum Gasteiger partial charge on any atom is 0.236 e. The van der Waals surface area contributed by atoms with Gasteiger partial charge in [0.15, 0.2) is 5.84 Å². The van der Waals surface area contributed by atoms with Gasteiger partial charge >= 0.3 is 0 Å². The Labute approximate surface area is 121 Å². The van der Waals surface area contributed by atoms with E-state index in [1.165, 1.54) is 6.42 Å². The van der Waals surface area contributed by atoms with E-state index in [-0.39, 0.29) is 11.7 Å². The number of nitrogens with two attached hydrogens (primary N) is 1. The van der Waals surface area contributed by atoms with Crippen LogP contribution in [0.3, 0.4) is 0 Å². The molecule has 1 unspecified atom stereocenters. The molecule has 0 aromatic carbocycles. The fourth-order valence-electron chi connectivity index (χ4n) is 3.09. The molecule has 0 saturated carbocycles. The van der Waals surface area contributed by atoms with Gasteiger partial charge < -0.3 is 20.7 Å². The molecule has 0 aliphatic carbocycles. The Kier molecular flexibility index (Phi) is 5.80. The highest BCUT2D eigenvalue weighted by Crippen LogP contribution is 2.29. The van der Waals surface area contributed by atoms with Crippen molar-refractivity contribution in [2.45, 2.75) is 45.6 Å². The summed E-state index contributed by atoms with van der Waals surface area (Å²) in [6.45, 7) is 5.57. The van der Waals surface area contributed by atoms with Crippen LogP contribution in [-0.4, -0.2) is 60.0 Å². The largest absolute Gasteiger partial charge is 0.409 e. The lowest BCUT2D eigenvalue weighted by Crippen LogP contribution is -2.52. The van der Waals surface area contributed by atoms with Crippen molar-refractivity contribution in [1.29, 1.82) is 0 Å². The van der Waals surface area contributed by atoms with Gasteiger partial charge in [0, 0.05) is 19.6 Å². The fraction of sp³-hybridized carbons (Fsp3) is 0.857. The first-order valence-corrected chi connectivity index (χ1v) is 7.36. The number of amidine groups is 1. The summed E-state index contributed by atoms with van der Waals surface area (Å²) in [5, 5.41) is 12.1. The van der Waals surface area contributed by atoms with Crippen LogP contribution in [0.5, 0.6) is 0 Å². The summed E-state index contributed by atoms with van der Waals surface area (Å²) in [5.74, 6) is -0.0442. The number of carbonyl (C=O) groups is 1. The summed E-state index contributed by atoms with van der Waals surface area (Å²) in [7, 11) is 3.89. The summed E-state index contributed by atoms with van der Waals surface area (Å²) < 4.78 is 0. The Hall–Kier alpha value is -1.30.